The molecule has 1 aliphatic rings. The van der Waals surface area contributed by atoms with Gasteiger partial charge in [-0.25, -0.2) is 4.90 Å². The summed E-state index contributed by atoms with van der Waals surface area (Å²) < 4.78 is 25.0. The molecule has 0 spiro atoms. The predicted molar refractivity (Wildman–Crippen MR) is 59.7 cm³/mol. The number of fused-ring (bicyclic) bond motifs is 1. The lowest BCUT2D eigenvalue weighted by Crippen LogP contribution is -2.33. The van der Waals surface area contributed by atoms with Gasteiger partial charge in [-0.15, -0.1) is 0 Å². The molecule has 0 unspecified atom stereocenters. The molecular formula is C10H11N2O3S+. The zero-order valence-corrected chi connectivity index (χ0v) is 9.73. The number of hydrogen-bond donors (Lipinski definition) is 0. The van der Waals surface area contributed by atoms with Crippen molar-refractivity contribution in [1.29, 1.82) is 0 Å². The van der Waals surface area contributed by atoms with Gasteiger partial charge in [0.1, 0.15) is 12.0 Å². The Morgan fingerprint density at radius 3 is 2.69 bits per heavy atom. The largest absolute Gasteiger partial charge is 0.334 e. The minimum atomic E-state index is -3.46. The zero-order chi connectivity index (χ0) is 11.9. The molecule has 0 bridgehead atoms. The van der Waals surface area contributed by atoms with Gasteiger partial charge >= 0.3 is 10.0 Å². The normalized spacial score (nSPS) is 17.6. The van der Waals surface area contributed by atoms with E-state index in [4.69, 9.17) is 0 Å². The molecule has 1 aromatic rings. The molecule has 84 valence electrons. The molecule has 0 aromatic heterocycles. The van der Waals surface area contributed by atoms with E-state index in [-0.39, 0.29) is 4.90 Å². The minimum Gasteiger partial charge on any atom is -0.298 e. The first kappa shape index (κ1) is 10.8. The van der Waals surface area contributed by atoms with E-state index in [2.05, 4.69) is 0 Å². The highest BCUT2D eigenvalue weighted by atomic mass is 32.2. The number of anilines is 1. The molecule has 0 N–H and O–H groups in total. The van der Waals surface area contributed by atoms with Crippen molar-refractivity contribution in [1.82, 2.24) is 0 Å². The molecule has 0 aliphatic carbocycles. The van der Waals surface area contributed by atoms with Crippen molar-refractivity contribution in [3.05, 3.63) is 23.8 Å². The van der Waals surface area contributed by atoms with Crippen molar-refractivity contribution in [2.45, 2.75) is 4.90 Å². The van der Waals surface area contributed by atoms with Gasteiger partial charge in [0.05, 0.1) is 14.1 Å². The Kier molecular flexibility index (Phi) is 2.31. The molecule has 0 saturated carbocycles. The highest BCUT2D eigenvalue weighted by Gasteiger charge is 2.32. The second-order valence-electron chi connectivity index (χ2n) is 3.59. The number of benzene rings is 1. The fourth-order valence-electron chi connectivity index (χ4n) is 1.62. The van der Waals surface area contributed by atoms with Crippen LogP contribution in [0.4, 0.5) is 5.69 Å². The summed E-state index contributed by atoms with van der Waals surface area (Å²) in [5.74, 6) is 0. The number of carbonyl (C=O) groups is 1. The van der Waals surface area contributed by atoms with E-state index in [1.54, 1.807) is 18.0 Å². The first-order valence-corrected chi connectivity index (χ1v) is 6.06. The topological polar surface area (TPSA) is 57.5 Å². The minimum absolute atomic E-state index is 0.214. The van der Waals surface area contributed by atoms with Crippen LogP contribution in [0, 0.1) is 0 Å². The second kappa shape index (κ2) is 3.41. The molecule has 5 nitrogen and oxygen atoms in total. The lowest BCUT2D eigenvalue weighted by Gasteiger charge is -2.18. The van der Waals surface area contributed by atoms with Crippen LogP contribution < -0.4 is 4.90 Å². The SMILES string of the molecule is CN1C=[N+](C)S(=O)(=O)c2ccc(C=O)cc21. The average molecular weight is 239 g/mol. The van der Waals surface area contributed by atoms with Crippen molar-refractivity contribution >= 4 is 28.3 Å². The van der Waals surface area contributed by atoms with E-state index in [0.717, 1.165) is 3.98 Å². The number of hydrogen-bond acceptors (Lipinski definition) is 4. The van der Waals surface area contributed by atoms with Crippen molar-refractivity contribution in [3.8, 4) is 0 Å². The quantitative estimate of drug-likeness (QED) is 0.523. The Bertz CT molecular complexity index is 590. The summed E-state index contributed by atoms with van der Waals surface area (Å²) in [6.45, 7) is 0. The van der Waals surface area contributed by atoms with E-state index in [1.165, 1.54) is 25.5 Å². The third-order valence-corrected chi connectivity index (χ3v) is 4.25. The number of nitrogens with zero attached hydrogens (tertiary/aromatic N) is 2. The summed E-state index contributed by atoms with van der Waals surface area (Å²) in [6, 6.07) is 4.51. The molecule has 6 heteroatoms. The van der Waals surface area contributed by atoms with E-state index >= 15 is 0 Å². The molecule has 0 saturated heterocycles. The molecule has 16 heavy (non-hydrogen) atoms. The van der Waals surface area contributed by atoms with Crippen LogP contribution in [-0.4, -0.2) is 39.1 Å². The number of carbonyl (C=O) groups excluding carboxylic acids is 1. The number of sulfonamides is 1. The lowest BCUT2D eigenvalue weighted by atomic mass is 10.2. The first-order valence-electron chi connectivity index (χ1n) is 4.62. The van der Waals surface area contributed by atoms with Crippen LogP contribution in [0.3, 0.4) is 0 Å². The van der Waals surface area contributed by atoms with E-state index in [9.17, 15) is 13.2 Å². The number of aldehydes is 1. The van der Waals surface area contributed by atoms with E-state index in [1.807, 2.05) is 0 Å². The third-order valence-electron chi connectivity index (χ3n) is 2.49. The molecular weight excluding hydrogens is 228 g/mol. The van der Waals surface area contributed by atoms with Gasteiger partial charge in [-0.05, 0) is 18.2 Å². The maximum Gasteiger partial charge on any atom is 0.334 e. The van der Waals surface area contributed by atoms with E-state index < -0.39 is 10.0 Å². The fraction of sp³-hybridized carbons (Fsp3) is 0.200. The molecule has 0 atom stereocenters. The predicted octanol–water partition coefficient (Wildman–Crippen LogP) is 0.308. The highest BCUT2D eigenvalue weighted by molar-refractivity contribution is 7.85. The Morgan fingerprint density at radius 2 is 2.06 bits per heavy atom. The van der Waals surface area contributed by atoms with Gasteiger partial charge in [0, 0.05) is 5.56 Å². The van der Waals surface area contributed by atoms with Crippen molar-refractivity contribution < 1.29 is 17.2 Å². The van der Waals surface area contributed by atoms with Crippen LogP contribution in [0.2, 0.25) is 0 Å². The highest BCUT2D eigenvalue weighted by Crippen LogP contribution is 2.28. The molecule has 1 aromatic carbocycles. The maximum absolute atomic E-state index is 11.9. The molecule has 0 amide bonds. The summed E-state index contributed by atoms with van der Waals surface area (Å²) in [5, 5.41) is 0. The average Bonchev–Trinajstić information content (AvgIpc) is 2.26. The van der Waals surface area contributed by atoms with Crippen LogP contribution in [0.1, 0.15) is 10.4 Å². The van der Waals surface area contributed by atoms with Crippen LogP contribution >= 0.6 is 0 Å². The van der Waals surface area contributed by atoms with Crippen LogP contribution in [-0.2, 0) is 10.0 Å². The standard InChI is InChI=1S/C10H11N2O3S/c1-11-7-12(2)16(14,15)10-4-3-8(6-13)5-9(10)11/h3-7H,1-2H3/q+1. The Hall–Kier alpha value is -1.69. The summed E-state index contributed by atoms with van der Waals surface area (Å²) >= 11 is 0. The van der Waals surface area contributed by atoms with Crippen LogP contribution in [0.15, 0.2) is 23.1 Å². The number of rotatable bonds is 1. The summed E-state index contributed by atoms with van der Waals surface area (Å²) in [7, 11) is -0.249. The fourth-order valence-corrected chi connectivity index (χ4v) is 2.91. The Morgan fingerprint density at radius 1 is 1.38 bits per heavy atom. The molecule has 2 rings (SSSR count). The summed E-state index contributed by atoms with van der Waals surface area (Å²) in [4.78, 5) is 12.5. The monoisotopic (exact) mass is 239 g/mol. The summed E-state index contributed by atoms with van der Waals surface area (Å²) in [6.07, 6.45) is 2.16. The molecule has 1 heterocycles. The molecule has 1 aliphatic heterocycles. The molecule has 0 radical (unpaired) electrons. The van der Waals surface area contributed by atoms with Crippen molar-refractivity contribution in [3.63, 3.8) is 0 Å². The van der Waals surface area contributed by atoms with Gasteiger partial charge in [0.2, 0.25) is 0 Å². The Balaban J connectivity index is 2.75. The zero-order valence-electron chi connectivity index (χ0n) is 8.91. The van der Waals surface area contributed by atoms with Gasteiger partial charge in [-0.2, -0.15) is 12.4 Å². The molecule has 0 fully saturated rings. The van der Waals surface area contributed by atoms with Crippen molar-refractivity contribution in [2.24, 2.45) is 0 Å². The van der Waals surface area contributed by atoms with Gasteiger partial charge < -0.3 is 0 Å². The smallest absolute Gasteiger partial charge is 0.298 e. The Labute approximate surface area is 93.7 Å². The maximum atomic E-state index is 11.9. The van der Waals surface area contributed by atoms with E-state index in [0.29, 0.717) is 17.5 Å². The van der Waals surface area contributed by atoms with Gasteiger partial charge in [0.25, 0.3) is 6.34 Å². The lowest BCUT2D eigenvalue weighted by molar-refractivity contribution is -0.323. The van der Waals surface area contributed by atoms with Crippen LogP contribution in [0.25, 0.3) is 0 Å². The summed E-state index contributed by atoms with van der Waals surface area (Å²) in [5.41, 5.74) is 0.974. The second-order valence-corrected chi connectivity index (χ2v) is 5.56. The first-order chi connectivity index (χ1) is 7.46. The van der Waals surface area contributed by atoms with Gasteiger partial charge in [0.15, 0.2) is 4.90 Å². The van der Waals surface area contributed by atoms with Gasteiger partial charge in [-0.1, -0.05) is 0 Å². The van der Waals surface area contributed by atoms with Gasteiger partial charge in [-0.3, -0.25) is 4.79 Å². The van der Waals surface area contributed by atoms with Crippen molar-refractivity contribution in [2.75, 3.05) is 19.0 Å². The third kappa shape index (κ3) is 1.42. The van der Waals surface area contributed by atoms with Crippen LogP contribution in [0.5, 0.6) is 0 Å².